The van der Waals surface area contributed by atoms with Gasteiger partial charge in [0.1, 0.15) is 11.2 Å². The van der Waals surface area contributed by atoms with Gasteiger partial charge in [-0.05, 0) is 107 Å². The van der Waals surface area contributed by atoms with Crippen LogP contribution in [0.15, 0.2) is 186 Å². The van der Waals surface area contributed by atoms with Crippen LogP contribution in [0.3, 0.4) is 0 Å². The van der Waals surface area contributed by atoms with Crippen LogP contribution in [-0.4, -0.2) is 0 Å². The van der Waals surface area contributed by atoms with Crippen molar-refractivity contribution in [1.82, 2.24) is 0 Å². The summed E-state index contributed by atoms with van der Waals surface area (Å²) in [6.07, 6.45) is 0. The lowest BCUT2D eigenvalue weighted by Gasteiger charge is -2.18. The predicted octanol–water partition coefficient (Wildman–Crippen LogP) is 13.7. The molecule has 1 aromatic heterocycles. The highest BCUT2D eigenvalue weighted by Gasteiger charge is 2.17. The van der Waals surface area contributed by atoms with Crippen molar-refractivity contribution in [3.8, 4) is 44.5 Å². The predicted molar refractivity (Wildman–Crippen MR) is 208 cm³/mol. The molecule has 10 rings (SSSR count). The van der Waals surface area contributed by atoms with Gasteiger partial charge < -0.3 is 4.42 Å². The molecular weight excluding hydrogens is 593 g/mol. The minimum absolute atomic E-state index is 0.0756. The fourth-order valence-corrected chi connectivity index (χ4v) is 6.87. The first-order chi connectivity index (χ1) is 29.7. The molecular formula is C48H30O. The van der Waals surface area contributed by atoms with Crippen molar-refractivity contribution < 1.29 is 22.2 Å². The standard InChI is InChI=1S/C48H30O/c1-2-11-33(12-3-1)47-40-14-6-8-16-42(40)48(43-17-9-7-15-41(43)47)34-21-18-32(19-22-34)38-24-26-39-44-29-37(25-27-45(44)49-46(39)30-38)36-23-20-31-10-4-5-13-35(31)28-36/h1-30H/i1D,2D,3D,6D,7D,8D,9D,11D,12D,14D,15D,16D,17D. The molecule has 0 aliphatic carbocycles. The van der Waals surface area contributed by atoms with Gasteiger partial charge in [-0.25, -0.2) is 0 Å². The maximum Gasteiger partial charge on any atom is 0.136 e. The second-order valence-electron chi connectivity index (χ2n) is 11.9. The monoisotopic (exact) mass is 635 g/mol. The fraction of sp³-hybridized carbons (Fsp3) is 0. The topological polar surface area (TPSA) is 13.1 Å². The molecule has 0 amide bonds. The van der Waals surface area contributed by atoms with Gasteiger partial charge in [-0.1, -0.05) is 151 Å². The van der Waals surface area contributed by atoms with E-state index in [1.807, 2.05) is 42.5 Å². The first-order valence-corrected chi connectivity index (χ1v) is 15.8. The number of fused-ring (bicyclic) bond motifs is 6. The smallest absolute Gasteiger partial charge is 0.136 e. The summed E-state index contributed by atoms with van der Waals surface area (Å²) in [6.45, 7) is 0. The Balaban J connectivity index is 1.17. The molecule has 0 atom stereocenters. The zero-order valence-electron chi connectivity index (χ0n) is 38.7. The van der Waals surface area contributed by atoms with E-state index in [9.17, 15) is 2.74 Å². The normalized spacial score (nSPS) is 15.4. The molecule has 1 heterocycles. The second-order valence-corrected chi connectivity index (χ2v) is 11.9. The van der Waals surface area contributed by atoms with Gasteiger partial charge in [0.25, 0.3) is 0 Å². The Hall–Kier alpha value is -6.44. The third-order valence-electron chi connectivity index (χ3n) is 9.19. The minimum atomic E-state index is -0.713. The fourth-order valence-electron chi connectivity index (χ4n) is 6.87. The van der Waals surface area contributed by atoms with Crippen molar-refractivity contribution in [3.63, 3.8) is 0 Å². The van der Waals surface area contributed by atoms with Gasteiger partial charge in [0.05, 0.1) is 17.8 Å². The Bertz CT molecular complexity index is 3500. The summed E-state index contributed by atoms with van der Waals surface area (Å²) in [4.78, 5) is 0. The average molecular weight is 636 g/mol. The molecule has 0 radical (unpaired) electrons. The van der Waals surface area contributed by atoms with Gasteiger partial charge in [0.15, 0.2) is 0 Å². The highest BCUT2D eigenvalue weighted by atomic mass is 16.3. The maximum atomic E-state index is 9.20. The number of benzene rings is 9. The average Bonchev–Trinajstić information content (AvgIpc) is 3.66. The lowest BCUT2D eigenvalue weighted by atomic mass is 9.86. The number of hydrogen-bond donors (Lipinski definition) is 0. The van der Waals surface area contributed by atoms with Gasteiger partial charge in [0.2, 0.25) is 0 Å². The van der Waals surface area contributed by atoms with E-state index in [2.05, 4.69) is 36.4 Å². The van der Waals surface area contributed by atoms with Gasteiger partial charge in [-0.2, -0.15) is 0 Å². The lowest BCUT2D eigenvalue weighted by Crippen LogP contribution is -1.90. The van der Waals surface area contributed by atoms with E-state index in [0.717, 1.165) is 44.0 Å². The molecule has 49 heavy (non-hydrogen) atoms. The third-order valence-corrected chi connectivity index (χ3v) is 9.19. The van der Waals surface area contributed by atoms with Crippen LogP contribution >= 0.6 is 0 Å². The number of rotatable bonds is 4. The van der Waals surface area contributed by atoms with Crippen molar-refractivity contribution in [1.29, 1.82) is 0 Å². The summed E-state index contributed by atoms with van der Waals surface area (Å²) in [6, 6.07) is 25.4. The molecule has 0 fully saturated rings. The first-order valence-electron chi connectivity index (χ1n) is 22.3. The van der Waals surface area contributed by atoms with E-state index in [1.54, 1.807) is 24.3 Å². The Morgan fingerprint density at radius 1 is 0.327 bits per heavy atom. The molecule has 0 aliphatic heterocycles. The summed E-state index contributed by atoms with van der Waals surface area (Å²) in [5.74, 6) is 0. The van der Waals surface area contributed by atoms with Gasteiger partial charge in [-0.15, -0.1) is 0 Å². The molecule has 0 saturated heterocycles. The number of hydrogen-bond acceptors (Lipinski definition) is 1. The molecule has 0 unspecified atom stereocenters. The molecule has 1 nitrogen and oxygen atoms in total. The van der Waals surface area contributed by atoms with Crippen LogP contribution in [0.25, 0.3) is 98.8 Å². The van der Waals surface area contributed by atoms with Crippen LogP contribution in [0.1, 0.15) is 17.8 Å². The Morgan fingerprint density at radius 2 is 0.857 bits per heavy atom. The van der Waals surface area contributed by atoms with E-state index in [0.29, 0.717) is 11.1 Å². The molecule has 10 aromatic rings. The van der Waals surface area contributed by atoms with Crippen molar-refractivity contribution >= 4 is 54.3 Å². The van der Waals surface area contributed by atoms with Crippen LogP contribution < -0.4 is 0 Å². The summed E-state index contributed by atoms with van der Waals surface area (Å²) in [5.41, 5.74) is 4.80. The van der Waals surface area contributed by atoms with E-state index < -0.39 is 84.1 Å². The third kappa shape index (κ3) is 4.55. The highest BCUT2D eigenvalue weighted by molar-refractivity contribution is 6.21. The maximum absolute atomic E-state index is 9.20. The summed E-state index contributed by atoms with van der Waals surface area (Å²) >= 11 is 0. The SMILES string of the molecule is [2H]c1c([2H])c([2H])c(-c2c3c([2H])c([2H])c([2H])c([2H])c3c(-c3ccc(-c4ccc5c(c4)oc4ccc(-c6ccc7ccccc7c6)cc45)cc3)c3c([2H])c([2H])c([2H])c([2H])c23)c([2H])c1[2H]. The van der Waals surface area contributed by atoms with Crippen molar-refractivity contribution in [2.24, 2.45) is 0 Å². The molecule has 228 valence electrons. The Kier molecular flexibility index (Phi) is 3.99. The van der Waals surface area contributed by atoms with Crippen LogP contribution in [0, 0.1) is 0 Å². The summed E-state index contributed by atoms with van der Waals surface area (Å²) < 4.78 is 121. The van der Waals surface area contributed by atoms with E-state index in [4.69, 9.17) is 19.5 Å². The quantitative estimate of drug-likeness (QED) is 0.175. The van der Waals surface area contributed by atoms with Crippen LogP contribution in [-0.2, 0) is 0 Å². The zero-order chi connectivity index (χ0) is 43.6. The van der Waals surface area contributed by atoms with Crippen molar-refractivity contribution in [2.45, 2.75) is 0 Å². The van der Waals surface area contributed by atoms with Crippen LogP contribution in [0.4, 0.5) is 0 Å². The molecule has 0 saturated carbocycles. The second kappa shape index (κ2) is 11.1. The zero-order valence-corrected chi connectivity index (χ0v) is 25.7. The van der Waals surface area contributed by atoms with E-state index >= 15 is 0 Å². The Labute approximate surface area is 302 Å². The van der Waals surface area contributed by atoms with Crippen molar-refractivity contribution in [2.75, 3.05) is 0 Å². The first kappa shape index (κ1) is 17.6. The number of furan rings is 1. The van der Waals surface area contributed by atoms with E-state index in [-0.39, 0.29) is 32.7 Å². The molecule has 9 aromatic carbocycles. The van der Waals surface area contributed by atoms with Gasteiger partial charge in [0, 0.05) is 10.8 Å². The molecule has 0 bridgehead atoms. The molecule has 0 spiro atoms. The van der Waals surface area contributed by atoms with Gasteiger partial charge in [-0.3, -0.25) is 0 Å². The van der Waals surface area contributed by atoms with E-state index in [1.165, 1.54) is 5.39 Å². The van der Waals surface area contributed by atoms with Gasteiger partial charge >= 0.3 is 0 Å². The molecule has 0 aliphatic rings. The van der Waals surface area contributed by atoms with Crippen LogP contribution in [0.5, 0.6) is 0 Å². The lowest BCUT2D eigenvalue weighted by molar-refractivity contribution is 0.669. The molecule has 0 N–H and O–H groups in total. The van der Waals surface area contributed by atoms with Crippen molar-refractivity contribution in [3.05, 3.63) is 182 Å². The largest absolute Gasteiger partial charge is 0.456 e. The summed E-state index contributed by atoms with van der Waals surface area (Å²) in [5, 5.41) is 3.47. The highest BCUT2D eigenvalue weighted by Crippen LogP contribution is 2.44. The summed E-state index contributed by atoms with van der Waals surface area (Å²) in [7, 11) is 0. The molecule has 1 heteroatoms. The van der Waals surface area contributed by atoms with Crippen LogP contribution in [0.2, 0.25) is 0 Å². The minimum Gasteiger partial charge on any atom is -0.456 e. The Morgan fingerprint density at radius 3 is 1.57 bits per heavy atom.